The maximum absolute atomic E-state index is 11.7. The van der Waals surface area contributed by atoms with E-state index in [-0.39, 0.29) is 5.91 Å². The molecule has 1 saturated heterocycles. The molecule has 16 heavy (non-hydrogen) atoms. The van der Waals surface area contributed by atoms with Gasteiger partial charge in [-0.15, -0.1) is 11.3 Å². The third-order valence-corrected chi connectivity index (χ3v) is 4.06. The number of halogens is 1. The van der Waals surface area contributed by atoms with E-state index in [1.165, 1.54) is 11.3 Å². The summed E-state index contributed by atoms with van der Waals surface area (Å²) in [5.74, 6) is 0.251. The number of hydrogen-bond donors (Lipinski definition) is 1. The van der Waals surface area contributed by atoms with Crippen molar-refractivity contribution in [1.29, 1.82) is 0 Å². The number of nitrogens with zero attached hydrogens (tertiary/aromatic N) is 2. The first kappa shape index (κ1) is 11.9. The first-order chi connectivity index (χ1) is 7.75. The second-order valence-electron chi connectivity index (χ2n) is 3.74. The molecule has 2 heterocycles. The van der Waals surface area contributed by atoms with Crippen LogP contribution in [-0.2, 0) is 4.79 Å². The van der Waals surface area contributed by atoms with Crippen LogP contribution in [0.25, 0.3) is 0 Å². The lowest BCUT2D eigenvalue weighted by molar-refractivity contribution is -0.129. The zero-order valence-electron chi connectivity index (χ0n) is 8.91. The number of aromatic nitrogens is 1. The van der Waals surface area contributed by atoms with Crippen LogP contribution in [0.3, 0.4) is 0 Å². The highest BCUT2D eigenvalue weighted by atomic mass is 79.9. The van der Waals surface area contributed by atoms with Crippen molar-refractivity contribution in [3.05, 3.63) is 9.98 Å². The van der Waals surface area contributed by atoms with E-state index in [0.717, 1.165) is 35.7 Å². The van der Waals surface area contributed by atoms with Crippen molar-refractivity contribution in [2.45, 2.75) is 19.3 Å². The number of rotatable bonds is 4. The molecule has 0 aromatic carbocycles. The van der Waals surface area contributed by atoms with E-state index >= 15 is 0 Å². The number of amides is 1. The van der Waals surface area contributed by atoms with E-state index < -0.39 is 0 Å². The zero-order chi connectivity index (χ0) is 11.4. The monoisotopic (exact) mass is 303 g/mol. The molecule has 0 bridgehead atoms. The second kappa shape index (κ2) is 5.63. The fraction of sp³-hybridized carbons (Fsp3) is 0.600. The van der Waals surface area contributed by atoms with Crippen molar-refractivity contribution in [1.82, 2.24) is 9.88 Å². The van der Waals surface area contributed by atoms with Crippen molar-refractivity contribution in [3.63, 3.8) is 0 Å². The largest absolute Gasteiger partial charge is 0.361 e. The second-order valence-corrected chi connectivity index (χ2v) is 5.41. The maximum Gasteiger partial charge on any atom is 0.224 e. The molecule has 1 fully saturated rings. The van der Waals surface area contributed by atoms with Gasteiger partial charge in [-0.2, -0.15) is 0 Å². The molecular weight excluding hydrogens is 290 g/mol. The summed E-state index contributed by atoms with van der Waals surface area (Å²) in [5.41, 5.74) is 0. The highest BCUT2D eigenvalue weighted by Gasteiger charge is 2.16. The van der Waals surface area contributed by atoms with Gasteiger partial charge in [-0.3, -0.25) is 4.79 Å². The Morgan fingerprint density at radius 2 is 2.31 bits per heavy atom. The van der Waals surface area contributed by atoms with Gasteiger partial charge >= 0.3 is 0 Å². The molecule has 1 aliphatic rings. The number of hydrogen-bond acceptors (Lipinski definition) is 4. The summed E-state index contributed by atoms with van der Waals surface area (Å²) < 4.78 is 0.839. The lowest BCUT2D eigenvalue weighted by Gasteiger charge is -2.14. The maximum atomic E-state index is 11.7. The van der Waals surface area contributed by atoms with Crippen molar-refractivity contribution in [3.8, 4) is 0 Å². The van der Waals surface area contributed by atoms with Crippen LogP contribution in [0.1, 0.15) is 19.3 Å². The van der Waals surface area contributed by atoms with Crippen LogP contribution in [0.4, 0.5) is 5.13 Å². The van der Waals surface area contributed by atoms with Gasteiger partial charge < -0.3 is 10.2 Å². The fourth-order valence-electron chi connectivity index (χ4n) is 1.74. The van der Waals surface area contributed by atoms with Crippen LogP contribution >= 0.6 is 27.3 Å². The average molecular weight is 304 g/mol. The van der Waals surface area contributed by atoms with Gasteiger partial charge in [0.25, 0.3) is 0 Å². The van der Waals surface area contributed by atoms with E-state index in [0.29, 0.717) is 13.0 Å². The van der Waals surface area contributed by atoms with Gasteiger partial charge in [-0.25, -0.2) is 4.98 Å². The summed E-state index contributed by atoms with van der Waals surface area (Å²) in [7, 11) is 0. The molecule has 1 aromatic heterocycles. The molecule has 0 unspecified atom stereocenters. The van der Waals surface area contributed by atoms with Crippen LogP contribution in [-0.4, -0.2) is 35.4 Å². The van der Waals surface area contributed by atoms with E-state index in [2.05, 4.69) is 26.2 Å². The molecule has 6 heteroatoms. The smallest absolute Gasteiger partial charge is 0.224 e. The normalized spacial score (nSPS) is 15.4. The zero-order valence-corrected chi connectivity index (χ0v) is 11.3. The van der Waals surface area contributed by atoms with Gasteiger partial charge in [-0.05, 0) is 28.8 Å². The molecule has 88 valence electrons. The van der Waals surface area contributed by atoms with E-state index in [9.17, 15) is 4.79 Å². The van der Waals surface area contributed by atoms with Crippen molar-refractivity contribution < 1.29 is 4.79 Å². The minimum Gasteiger partial charge on any atom is -0.361 e. The number of nitrogens with one attached hydrogen (secondary N) is 1. The van der Waals surface area contributed by atoms with Crippen LogP contribution in [0.15, 0.2) is 9.98 Å². The highest BCUT2D eigenvalue weighted by Crippen LogP contribution is 2.19. The van der Waals surface area contributed by atoms with Crippen LogP contribution in [0.5, 0.6) is 0 Å². The van der Waals surface area contributed by atoms with Gasteiger partial charge in [0.15, 0.2) is 5.13 Å². The van der Waals surface area contributed by atoms with E-state index in [1.54, 1.807) is 0 Å². The molecule has 1 aromatic rings. The minimum atomic E-state index is 0.251. The molecular formula is C10H14BrN3OS. The number of carbonyl (C=O) groups is 1. The summed E-state index contributed by atoms with van der Waals surface area (Å²) in [6, 6.07) is 0. The molecule has 2 rings (SSSR count). The first-order valence-electron chi connectivity index (χ1n) is 5.38. The molecule has 0 spiro atoms. The summed E-state index contributed by atoms with van der Waals surface area (Å²) in [4.78, 5) is 17.8. The number of carbonyl (C=O) groups excluding carboxylic acids is 1. The van der Waals surface area contributed by atoms with Gasteiger partial charge in [-0.1, -0.05) is 0 Å². The Hall–Kier alpha value is -0.620. The SMILES string of the molecule is O=C(CCNc1nc(Br)cs1)N1CCCC1. The molecule has 0 saturated carbocycles. The van der Waals surface area contributed by atoms with Gasteiger partial charge in [0.05, 0.1) is 0 Å². The summed E-state index contributed by atoms with van der Waals surface area (Å²) in [5, 5.41) is 5.93. The van der Waals surface area contributed by atoms with Crippen LogP contribution in [0.2, 0.25) is 0 Å². The standard InChI is InChI=1S/C10H14BrN3OS/c11-8-7-16-10(13-8)12-4-3-9(15)14-5-1-2-6-14/h7H,1-6H2,(H,12,13). The number of likely N-dealkylation sites (tertiary alicyclic amines) is 1. The Balaban J connectivity index is 1.69. The molecule has 1 N–H and O–H groups in total. The van der Waals surface area contributed by atoms with Crippen molar-refractivity contribution in [2.24, 2.45) is 0 Å². The van der Waals surface area contributed by atoms with Gasteiger partial charge in [0, 0.05) is 31.4 Å². The lowest BCUT2D eigenvalue weighted by Crippen LogP contribution is -2.29. The average Bonchev–Trinajstić information content (AvgIpc) is 2.89. The minimum absolute atomic E-state index is 0.251. The van der Waals surface area contributed by atoms with E-state index in [4.69, 9.17) is 0 Å². The molecule has 0 atom stereocenters. The fourth-order valence-corrected chi connectivity index (χ4v) is 2.91. The topological polar surface area (TPSA) is 45.2 Å². The summed E-state index contributed by atoms with van der Waals surface area (Å²) in [6.45, 7) is 2.53. The van der Waals surface area contributed by atoms with Crippen molar-refractivity contribution in [2.75, 3.05) is 25.0 Å². The highest BCUT2D eigenvalue weighted by molar-refractivity contribution is 9.10. The third kappa shape index (κ3) is 3.18. The lowest BCUT2D eigenvalue weighted by atomic mass is 10.3. The molecule has 0 aliphatic carbocycles. The number of thiazole rings is 1. The third-order valence-electron chi connectivity index (χ3n) is 2.55. The first-order valence-corrected chi connectivity index (χ1v) is 7.05. The van der Waals surface area contributed by atoms with Crippen LogP contribution < -0.4 is 5.32 Å². The predicted octanol–water partition coefficient (Wildman–Crippen LogP) is 2.33. The Labute approximate surface area is 107 Å². The number of anilines is 1. The van der Waals surface area contributed by atoms with E-state index in [1.807, 2.05) is 10.3 Å². The molecule has 0 radical (unpaired) electrons. The van der Waals surface area contributed by atoms with Crippen LogP contribution in [0, 0.1) is 0 Å². The quantitative estimate of drug-likeness (QED) is 0.928. The molecule has 4 nitrogen and oxygen atoms in total. The predicted molar refractivity (Wildman–Crippen MR) is 68.7 cm³/mol. The Morgan fingerprint density at radius 1 is 1.56 bits per heavy atom. The molecule has 1 aliphatic heterocycles. The Kier molecular flexibility index (Phi) is 4.17. The Bertz CT molecular complexity index is 363. The summed E-state index contributed by atoms with van der Waals surface area (Å²) in [6.07, 6.45) is 2.86. The van der Waals surface area contributed by atoms with Crippen molar-refractivity contribution >= 4 is 38.3 Å². The summed E-state index contributed by atoms with van der Waals surface area (Å²) >= 11 is 4.83. The molecule has 1 amide bonds. The van der Waals surface area contributed by atoms with Gasteiger partial charge in [0.2, 0.25) is 5.91 Å². The van der Waals surface area contributed by atoms with Gasteiger partial charge in [0.1, 0.15) is 4.60 Å². The Morgan fingerprint density at radius 3 is 2.94 bits per heavy atom.